The van der Waals surface area contributed by atoms with Crippen molar-refractivity contribution in [2.24, 2.45) is 5.14 Å². The van der Waals surface area contributed by atoms with Crippen LogP contribution in [0.3, 0.4) is 0 Å². The lowest BCUT2D eigenvalue weighted by atomic mass is 10.2. The van der Waals surface area contributed by atoms with E-state index in [1.165, 1.54) is 12.1 Å². The van der Waals surface area contributed by atoms with Gasteiger partial charge in [0.25, 0.3) is 0 Å². The summed E-state index contributed by atoms with van der Waals surface area (Å²) in [5, 5.41) is 13.4. The molecule has 0 atom stereocenters. The second kappa shape index (κ2) is 7.07. The van der Waals surface area contributed by atoms with E-state index in [0.717, 1.165) is 27.8 Å². The molecule has 3 N–H and O–H groups in total. The number of anilines is 1. The number of aromatic nitrogens is 2. The Hall–Kier alpha value is -2.81. The van der Waals surface area contributed by atoms with E-state index < -0.39 is 10.0 Å². The lowest BCUT2D eigenvalue weighted by Gasteiger charge is -2.11. The van der Waals surface area contributed by atoms with Gasteiger partial charge in [0.15, 0.2) is 5.82 Å². The van der Waals surface area contributed by atoms with Gasteiger partial charge < -0.3 is 5.32 Å². The van der Waals surface area contributed by atoms with E-state index in [2.05, 4.69) is 15.3 Å². The van der Waals surface area contributed by atoms with Crippen molar-refractivity contribution in [3.05, 3.63) is 70.9 Å². The molecule has 0 fully saturated rings. The van der Waals surface area contributed by atoms with Crippen LogP contribution >= 0.6 is 11.3 Å². The van der Waals surface area contributed by atoms with Crippen molar-refractivity contribution < 1.29 is 8.42 Å². The summed E-state index contributed by atoms with van der Waals surface area (Å²) >= 11 is 1.60. The molecule has 0 unspecified atom stereocenters. The summed E-state index contributed by atoms with van der Waals surface area (Å²) in [7, 11) is -3.69. The predicted molar refractivity (Wildman–Crippen MR) is 108 cm³/mol. The van der Waals surface area contributed by atoms with Gasteiger partial charge in [-0.15, -0.1) is 0 Å². The number of nitrogens with two attached hydrogens (primary N) is 1. The predicted octanol–water partition coefficient (Wildman–Crippen LogP) is 3.62. The summed E-state index contributed by atoms with van der Waals surface area (Å²) in [4.78, 5) is 9.43. The van der Waals surface area contributed by atoms with E-state index in [4.69, 9.17) is 5.14 Å². The first-order chi connectivity index (χ1) is 13.0. The Balaban J connectivity index is 1.65. The van der Waals surface area contributed by atoms with Gasteiger partial charge in [0.05, 0.1) is 10.4 Å². The van der Waals surface area contributed by atoms with Gasteiger partial charge in [-0.25, -0.2) is 23.5 Å². The normalized spacial score (nSPS) is 11.6. The molecule has 0 spiro atoms. The van der Waals surface area contributed by atoms with Gasteiger partial charge in [-0.05, 0) is 41.3 Å². The standard InChI is InChI=1S/C19H16N4O2S2/c20-27(24,25)15-7-5-13(6-8-15)11-21-19-16-3-1-2-4-17(16)22-18(23-19)14-9-10-26-12-14/h1-10,12H,11H2,(H2,20,24,25)(H,21,22,23). The van der Waals surface area contributed by atoms with Crippen LogP contribution in [0.5, 0.6) is 0 Å². The number of primary sulfonamides is 1. The molecule has 2 aromatic carbocycles. The number of hydrogen-bond acceptors (Lipinski definition) is 6. The number of benzene rings is 2. The van der Waals surface area contributed by atoms with E-state index in [9.17, 15) is 8.42 Å². The molecule has 0 bridgehead atoms. The van der Waals surface area contributed by atoms with Gasteiger partial charge in [0.2, 0.25) is 10.0 Å². The number of fused-ring (bicyclic) bond motifs is 1. The van der Waals surface area contributed by atoms with E-state index in [1.54, 1.807) is 23.5 Å². The number of nitrogens with one attached hydrogen (secondary N) is 1. The van der Waals surface area contributed by atoms with Gasteiger partial charge in [-0.1, -0.05) is 24.3 Å². The monoisotopic (exact) mass is 396 g/mol. The van der Waals surface area contributed by atoms with Gasteiger partial charge in [0.1, 0.15) is 5.82 Å². The zero-order valence-electron chi connectivity index (χ0n) is 14.2. The lowest BCUT2D eigenvalue weighted by molar-refractivity contribution is 0.598. The van der Waals surface area contributed by atoms with Gasteiger partial charge >= 0.3 is 0 Å². The van der Waals surface area contributed by atoms with Crippen molar-refractivity contribution in [2.45, 2.75) is 11.4 Å². The van der Waals surface area contributed by atoms with Crippen molar-refractivity contribution in [2.75, 3.05) is 5.32 Å². The molecule has 136 valence electrons. The summed E-state index contributed by atoms with van der Waals surface area (Å²) in [6.45, 7) is 0.495. The third-order valence-electron chi connectivity index (χ3n) is 4.09. The average molecular weight is 396 g/mol. The molecule has 0 radical (unpaired) electrons. The number of rotatable bonds is 5. The average Bonchev–Trinajstić information content (AvgIpc) is 3.20. The second-order valence-electron chi connectivity index (χ2n) is 5.97. The number of nitrogens with zero attached hydrogens (tertiary/aromatic N) is 2. The van der Waals surface area contributed by atoms with Crippen LogP contribution < -0.4 is 10.5 Å². The minimum atomic E-state index is -3.69. The SMILES string of the molecule is NS(=O)(=O)c1ccc(CNc2nc(-c3ccsc3)nc3ccccc23)cc1. The molecule has 0 saturated carbocycles. The van der Waals surface area contributed by atoms with Gasteiger partial charge in [0, 0.05) is 22.9 Å². The van der Waals surface area contributed by atoms with E-state index in [-0.39, 0.29) is 4.90 Å². The van der Waals surface area contributed by atoms with Crippen LogP contribution in [0.2, 0.25) is 0 Å². The molecular formula is C19H16N4O2S2. The molecule has 2 heterocycles. The Bertz CT molecular complexity index is 1190. The van der Waals surface area contributed by atoms with Crippen LogP contribution in [-0.4, -0.2) is 18.4 Å². The van der Waals surface area contributed by atoms with Crippen molar-refractivity contribution in [3.8, 4) is 11.4 Å². The Morgan fingerprint density at radius 1 is 1.00 bits per heavy atom. The fourth-order valence-electron chi connectivity index (χ4n) is 2.71. The highest BCUT2D eigenvalue weighted by Gasteiger charge is 2.10. The number of hydrogen-bond donors (Lipinski definition) is 2. The Kier molecular flexibility index (Phi) is 4.61. The minimum Gasteiger partial charge on any atom is -0.365 e. The van der Waals surface area contributed by atoms with Crippen molar-refractivity contribution in [1.82, 2.24) is 9.97 Å². The molecule has 27 heavy (non-hydrogen) atoms. The third-order valence-corrected chi connectivity index (χ3v) is 5.71. The topological polar surface area (TPSA) is 98.0 Å². The highest BCUT2D eigenvalue weighted by Crippen LogP contribution is 2.26. The van der Waals surface area contributed by atoms with E-state index in [1.807, 2.05) is 41.1 Å². The van der Waals surface area contributed by atoms with Crippen LogP contribution in [0.1, 0.15) is 5.56 Å². The van der Waals surface area contributed by atoms with Crippen molar-refractivity contribution in [3.63, 3.8) is 0 Å². The summed E-state index contributed by atoms with van der Waals surface area (Å²) < 4.78 is 22.7. The maximum atomic E-state index is 11.4. The number of thiophene rings is 1. The molecule has 0 aliphatic carbocycles. The smallest absolute Gasteiger partial charge is 0.238 e. The summed E-state index contributed by atoms with van der Waals surface area (Å²) in [5.41, 5.74) is 2.76. The molecule has 4 rings (SSSR count). The summed E-state index contributed by atoms with van der Waals surface area (Å²) in [6.07, 6.45) is 0. The molecule has 2 aromatic heterocycles. The zero-order chi connectivity index (χ0) is 18.9. The van der Waals surface area contributed by atoms with Crippen molar-refractivity contribution in [1.29, 1.82) is 0 Å². The zero-order valence-corrected chi connectivity index (χ0v) is 15.8. The Morgan fingerprint density at radius 3 is 2.48 bits per heavy atom. The minimum absolute atomic E-state index is 0.0958. The Labute approximate surface area is 160 Å². The second-order valence-corrected chi connectivity index (χ2v) is 8.31. The van der Waals surface area contributed by atoms with Crippen LogP contribution in [0.4, 0.5) is 5.82 Å². The molecule has 4 aromatic rings. The highest BCUT2D eigenvalue weighted by molar-refractivity contribution is 7.89. The molecule has 8 heteroatoms. The van der Waals surface area contributed by atoms with Crippen LogP contribution in [-0.2, 0) is 16.6 Å². The summed E-state index contributed by atoms with van der Waals surface area (Å²) in [6, 6.07) is 16.3. The molecule has 0 amide bonds. The molecule has 0 aliphatic heterocycles. The maximum Gasteiger partial charge on any atom is 0.238 e. The summed E-state index contributed by atoms with van der Waals surface area (Å²) in [5.74, 6) is 1.40. The van der Waals surface area contributed by atoms with Crippen LogP contribution in [0.25, 0.3) is 22.3 Å². The maximum absolute atomic E-state index is 11.4. The highest BCUT2D eigenvalue weighted by atomic mass is 32.2. The molecule has 0 saturated heterocycles. The first-order valence-electron chi connectivity index (χ1n) is 8.16. The fourth-order valence-corrected chi connectivity index (χ4v) is 3.86. The number of para-hydroxylation sites is 1. The van der Waals surface area contributed by atoms with E-state index in [0.29, 0.717) is 12.4 Å². The van der Waals surface area contributed by atoms with Crippen molar-refractivity contribution >= 4 is 38.1 Å². The number of sulfonamides is 1. The third kappa shape index (κ3) is 3.82. The fraction of sp³-hybridized carbons (Fsp3) is 0.0526. The first kappa shape index (κ1) is 17.6. The van der Waals surface area contributed by atoms with Crippen LogP contribution in [0.15, 0.2) is 70.3 Å². The molecule has 0 aliphatic rings. The van der Waals surface area contributed by atoms with E-state index >= 15 is 0 Å². The van der Waals surface area contributed by atoms with Crippen LogP contribution in [0, 0.1) is 0 Å². The molecular weight excluding hydrogens is 380 g/mol. The lowest BCUT2D eigenvalue weighted by Crippen LogP contribution is -2.12. The Morgan fingerprint density at radius 2 is 1.78 bits per heavy atom. The van der Waals surface area contributed by atoms with Gasteiger partial charge in [-0.3, -0.25) is 0 Å². The first-order valence-corrected chi connectivity index (χ1v) is 10.6. The van der Waals surface area contributed by atoms with Gasteiger partial charge in [-0.2, -0.15) is 11.3 Å². The largest absolute Gasteiger partial charge is 0.365 e. The molecule has 6 nitrogen and oxygen atoms in total. The quantitative estimate of drug-likeness (QED) is 0.537.